The molecule has 3 atom stereocenters. The second kappa shape index (κ2) is 7.87. The molecule has 0 radical (unpaired) electrons. The maximum Gasteiger partial charge on any atom is 0.300 e. The maximum absolute atomic E-state index is 13.0. The fourth-order valence-electron chi connectivity index (χ4n) is 4.59. The Morgan fingerprint density at radius 2 is 1.83 bits per heavy atom. The number of amides is 1. The van der Waals surface area contributed by atoms with Crippen LogP contribution in [0.1, 0.15) is 39.6 Å². The third-order valence-electron chi connectivity index (χ3n) is 5.93. The number of hydrogen-bond donors (Lipinski definition) is 1. The number of carbonyl (C=O) groups is 3. The summed E-state index contributed by atoms with van der Waals surface area (Å²) < 4.78 is 25.0. The number of carboxylic acid groups (broad SMARTS) is 1. The molecule has 158 valence electrons. The first-order valence-electron chi connectivity index (χ1n) is 9.54. The van der Waals surface area contributed by atoms with Crippen LogP contribution in [0.2, 0.25) is 0 Å². The molecule has 1 aliphatic carbocycles. The van der Waals surface area contributed by atoms with Crippen LogP contribution >= 0.6 is 0 Å². The fourth-order valence-corrected chi connectivity index (χ4v) is 7.07. The van der Waals surface area contributed by atoms with E-state index in [0.717, 1.165) is 12.5 Å². The Balaban J connectivity index is 0.000000552. The summed E-state index contributed by atoms with van der Waals surface area (Å²) in [5, 5.41) is 6.95. The lowest BCUT2D eigenvalue weighted by molar-refractivity contribution is -0.134. The number of likely N-dealkylation sites (tertiary alicyclic amines) is 1. The van der Waals surface area contributed by atoms with E-state index in [1.54, 1.807) is 23.1 Å². The molecule has 0 unspecified atom stereocenters. The van der Waals surface area contributed by atoms with Gasteiger partial charge in [0.15, 0.2) is 15.6 Å². The Morgan fingerprint density at radius 3 is 2.45 bits per heavy atom. The van der Waals surface area contributed by atoms with Gasteiger partial charge in [0.2, 0.25) is 0 Å². The number of carboxylic acids is 1. The number of benzene rings is 1. The third kappa shape index (κ3) is 4.06. The van der Waals surface area contributed by atoms with Crippen molar-refractivity contribution in [2.45, 2.75) is 31.1 Å². The smallest absolute Gasteiger partial charge is 0.300 e. The van der Waals surface area contributed by atoms with E-state index in [0.29, 0.717) is 30.5 Å². The first kappa shape index (κ1) is 21.4. The minimum Gasteiger partial charge on any atom is -0.481 e. The monoisotopic (exact) mass is 422 g/mol. The quantitative estimate of drug-likeness (QED) is 0.747. The van der Waals surface area contributed by atoms with Gasteiger partial charge in [-0.1, -0.05) is 12.1 Å². The highest BCUT2D eigenvalue weighted by Crippen LogP contribution is 2.37. The van der Waals surface area contributed by atoms with Crippen molar-refractivity contribution in [2.75, 3.05) is 32.9 Å². The molecule has 0 aromatic heterocycles. The summed E-state index contributed by atoms with van der Waals surface area (Å²) in [4.78, 5) is 37.6. The van der Waals surface area contributed by atoms with E-state index in [9.17, 15) is 18.0 Å². The average Bonchev–Trinajstić information content (AvgIpc) is 3.29. The van der Waals surface area contributed by atoms with E-state index in [4.69, 9.17) is 9.90 Å². The number of ketones is 1. The van der Waals surface area contributed by atoms with Crippen LogP contribution in [0.5, 0.6) is 0 Å². The molecule has 2 heterocycles. The molecule has 2 saturated heterocycles. The maximum atomic E-state index is 13.0. The Bertz CT molecular complexity index is 952. The minimum atomic E-state index is -3.18. The van der Waals surface area contributed by atoms with Gasteiger partial charge in [-0.25, -0.2) is 8.42 Å². The van der Waals surface area contributed by atoms with Crippen LogP contribution in [-0.4, -0.2) is 85.2 Å². The van der Waals surface area contributed by atoms with Crippen molar-refractivity contribution in [3.63, 3.8) is 0 Å². The van der Waals surface area contributed by atoms with E-state index in [-0.39, 0.29) is 35.9 Å². The van der Waals surface area contributed by atoms with Crippen LogP contribution in [0, 0.1) is 5.92 Å². The molecular weight excluding hydrogens is 396 g/mol. The van der Waals surface area contributed by atoms with Gasteiger partial charge < -0.3 is 14.9 Å². The van der Waals surface area contributed by atoms with Gasteiger partial charge in [0, 0.05) is 49.5 Å². The molecule has 1 aromatic carbocycles. The zero-order chi connectivity index (χ0) is 21.5. The van der Waals surface area contributed by atoms with Crippen LogP contribution in [0.3, 0.4) is 0 Å². The second-order valence-electron chi connectivity index (χ2n) is 8.05. The molecule has 0 bridgehead atoms. The van der Waals surface area contributed by atoms with Gasteiger partial charge in [-0.3, -0.25) is 14.4 Å². The van der Waals surface area contributed by atoms with Gasteiger partial charge in [-0.15, -0.1) is 0 Å². The Morgan fingerprint density at radius 1 is 1.17 bits per heavy atom. The highest BCUT2D eigenvalue weighted by molar-refractivity contribution is 7.92. The number of hydrogen-bond acceptors (Lipinski definition) is 6. The van der Waals surface area contributed by atoms with E-state index in [1.807, 2.05) is 19.0 Å². The molecule has 0 saturated carbocycles. The lowest BCUT2D eigenvalue weighted by atomic mass is 9.99. The summed E-state index contributed by atoms with van der Waals surface area (Å²) in [7, 11) is 0.607. The summed E-state index contributed by atoms with van der Waals surface area (Å²) >= 11 is 0. The van der Waals surface area contributed by atoms with Crippen LogP contribution in [0.4, 0.5) is 0 Å². The molecule has 8 nitrogen and oxygen atoms in total. The molecule has 29 heavy (non-hydrogen) atoms. The normalized spacial score (nSPS) is 26.7. The zero-order valence-corrected chi connectivity index (χ0v) is 17.6. The van der Waals surface area contributed by atoms with Crippen molar-refractivity contribution >= 4 is 27.5 Å². The van der Waals surface area contributed by atoms with E-state index in [1.165, 1.54) is 0 Å². The zero-order valence-electron chi connectivity index (χ0n) is 16.8. The molecule has 1 amide bonds. The van der Waals surface area contributed by atoms with Crippen LogP contribution in [0.25, 0.3) is 0 Å². The van der Waals surface area contributed by atoms with Crippen molar-refractivity contribution in [1.29, 1.82) is 0 Å². The Kier molecular flexibility index (Phi) is 5.82. The summed E-state index contributed by atoms with van der Waals surface area (Å²) in [6.07, 6.45) is 1.04. The van der Waals surface area contributed by atoms with Gasteiger partial charge in [-0.2, -0.15) is 0 Å². The van der Waals surface area contributed by atoms with Crippen molar-refractivity contribution in [3.05, 3.63) is 34.9 Å². The molecule has 4 rings (SSSR count). The first-order chi connectivity index (χ1) is 13.5. The Labute approximate surface area is 170 Å². The number of aliphatic carboxylic acids is 1. The van der Waals surface area contributed by atoms with Gasteiger partial charge in [0.25, 0.3) is 11.9 Å². The number of carbonyl (C=O) groups excluding carboxylic acids is 2. The van der Waals surface area contributed by atoms with Crippen molar-refractivity contribution in [2.24, 2.45) is 5.92 Å². The number of nitrogens with zero attached hydrogens (tertiary/aromatic N) is 2. The fraction of sp³-hybridized carbons (Fsp3) is 0.550. The first-order valence-corrected chi connectivity index (χ1v) is 11.3. The lowest BCUT2D eigenvalue weighted by Gasteiger charge is -2.25. The highest BCUT2D eigenvalue weighted by atomic mass is 32.2. The van der Waals surface area contributed by atoms with E-state index in [2.05, 4.69) is 0 Å². The van der Waals surface area contributed by atoms with Crippen molar-refractivity contribution in [3.8, 4) is 0 Å². The Hall–Kier alpha value is -2.26. The number of sulfone groups is 1. The second-order valence-corrected chi connectivity index (χ2v) is 10.3. The largest absolute Gasteiger partial charge is 0.481 e. The van der Waals surface area contributed by atoms with Gasteiger partial charge >= 0.3 is 0 Å². The predicted molar refractivity (Wildman–Crippen MR) is 107 cm³/mol. The summed E-state index contributed by atoms with van der Waals surface area (Å²) in [5.74, 6) is -0.763. The van der Waals surface area contributed by atoms with Crippen LogP contribution < -0.4 is 0 Å². The van der Waals surface area contributed by atoms with Crippen molar-refractivity contribution in [1.82, 2.24) is 9.80 Å². The molecule has 1 N–H and O–H groups in total. The summed E-state index contributed by atoms with van der Waals surface area (Å²) in [6.45, 7) is 1.80. The van der Waals surface area contributed by atoms with Crippen molar-refractivity contribution < 1.29 is 27.9 Å². The number of rotatable bonds is 2. The summed E-state index contributed by atoms with van der Waals surface area (Å²) in [6, 6.07) is 5.22. The predicted octanol–water partition coefficient (Wildman–Crippen LogP) is 0.706. The van der Waals surface area contributed by atoms with E-state index >= 15 is 0 Å². The summed E-state index contributed by atoms with van der Waals surface area (Å²) in [5.41, 5.74) is 2.02. The van der Waals surface area contributed by atoms with Gasteiger partial charge in [0.1, 0.15) is 0 Å². The van der Waals surface area contributed by atoms with E-state index < -0.39 is 21.1 Å². The van der Waals surface area contributed by atoms with Crippen LogP contribution in [0.15, 0.2) is 18.2 Å². The number of Topliss-reactive ketones (excluding diaryl/α,β-unsaturated/α-hetero) is 1. The lowest BCUT2D eigenvalue weighted by Crippen LogP contribution is -2.38. The minimum absolute atomic E-state index is 0.0395. The molecule has 2 fully saturated rings. The highest BCUT2D eigenvalue weighted by Gasteiger charge is 2.53. The third-order valence-corrected chi connectivity index (χ3v) is 8.15. The van der Waals surface area contributed by atoms with Gasteiger partial charge in [-0.05, 0) is 32.1 Å². The van der Waals surface area contributed by atoms with Crippen LogP contribution in [-0.2, 0) is 21.1 Å². The topological polar surface area (TPSA) is 112 Å². The average molecular weight is 423 g/mol. The molecule has 1 aromatic rings. The van der Waals surface area contributed by atoms with Gasteiger partial charge in [0.05, 0.1) is 11.0 Å². The SMILES string of the molecule is CC(=O)O.CN(C)[C@@H]1CS(=O)(=O)[C@H]2CN(C(=O)c3cccc4c3CCC4=O)C[C@@H]12. The molecule has 9 heteroatoms. The number of fused-ring (bicyclic) bond motifs is 2. The molecule has 3 aliphatic rings. The molecule has 2 aliphatic heterocycles. The molecular formula is C20H26N2O6S. The molecule has 0 spiro atoms. The standard InChI is InChI=1S/C18H22N2O4S.C2H4O2/c1-19(2)15-10-25(23,24)17-9-20(8-14(15)17)18(22)13-5-3-4-12-11(13)6-7-16(12)21;1-2(3)4/h3-5,14-15,17H,6-10H2,1-2H3;1H3,(H,3,4)/t14-,15+,17-;/m0./s1.